The minimum Gasteiger partial charge on any atom is -0.205 e. The van der Waals surface area contributed by atoms with Crippen molar-refractivity contribution in [3.63, 3.8) is 0 Å². The van der Waals surface area contributed by atoms with E-state index in [0.717, 1.165) is 15.6 Å². The van der Waals surface area contributed by atoms with Crippen molar-refractivity contribution in [3.8, 4) is 0 Å². The second-order valence-corrected chi connectivity index (χ2v) is 7.40. The molecule has 102 valence electrons. The second-order valence-electron chi connectivity index (χ2n) is 4.34. The second kappa shape index (κ2) is 5.76. The number of alkyl halides is 1. The van der Waals surface area contributed by atoms with E-state index >= 15 is 0 Å². The first-order valence-electron chi connectivity index (χ1n) is 5.82. The Morgan fingerprint density at radius 1 is 1.20 bits per heavy atom. The molecule has 0 nitrogen and oxygen atoms in total. The predicted octanol–water partition coefficient (Wildman–Crippen LogP) is 6.94. The molecule has 0 amide bonds. The molecule has 1 atom stereocenters. The molecule has 0 bridgehead atoms. The van der Waals surface area contributed by atoms with Crippen LogP contribution in [0.5, 0.6) is 0 Å². The third kappa shape index (κ3) is 2.54. The van der Waals surface area contributed by atoms with Gasteiger partial charge in [-0.3, -0.25) is 0 Å². The zero-order valence-corrected chi connectivity index (χ0v) is 14.8. The number of benzene rings is 2. The molecule has 0 saturated heterocycles. The van der Waals surface area contributed by atoms with Crippen molar-refractivity contribution < 1.29 is 4.39 Å². The Morgan fingerprint density at radius 3 is 2.75 bits per heavy atom. The van der Waals surface area contributed by atoms with E-state index in [1.165, 1.54) is 16.2 Å². The fourth-order valence-electron chi connectivity index (χ4n) is 2.09. The summed E-state index contributed by atoms with van der Waals surface area (Å²) in [5.74, 6) is -0.394. The smallest absolute Gasteiger partial charge is 0.142 e. The summed E-state index contributed by atoms with van der Waals surface area (Å²) >= 11 is 14.6. The maximum Gasteiger partial charge on any atom is 0.142 e. The molecule has 2 aromatic carbocycles. The lowest BCUT2D eigenvalue weighted by atomic mass is 10.0. The molecule has 1 unspecified atom stereocenters. The van der Waals surface area contributed by atoms with Gasteiger partial charge in [-0.15, -0.1) is 11.3 Å². The Morgan fingerprint density at radius 2 is 2.00 bits per heavy atom. The number of hydrogen-bond donors (Lipinski definition) is 0. The van der Waals surface area contributed by atoms with E-state index in [-0.39, 0.29) is 9.85 Å². The standard InChI is InChI=1S/C15H8Br2ClFS/c16-11-3-1-2-9-10(7-20-15(9)11)14(17)8-4-5-12(18)13(19)6-8/h1-7,14H. The molecule has 0 fully saturated rings. The maximum absolute atomic E-state index is 13.6. The Balaban J connectivity index is 2.10. The molecule has 0 radical (unpaired) electrons. The monoisotopic (exact) mass is 432 g/mol. The van der Waals surface area contributed by atoms with Crippen molar-refractivity contribution in [3.05, 3.63) is 68.2 Å². The average Bonchev–Trinajstić information content (AvgIpc) is 2.86. The first-order chi connectivity index (χ1) is 9.58. The van der Waals surface area contributed by atoms with E-state index in [9.17, 15) is 4.39 Å². The van der Waals surface area contributed by atoms with Gasteiger partial charge in [-0.2, -0.15) is 0 Å². The highest BCUT2D eigenvalue weighted by atomic mass is 79.9. The Kier molecular flexibility index (Phi) is 4.18. The van der Waals surface area contributed by atoms with E-state index in [2.05, 4.69) is 43.3 Å². The number of hydrogen-bond acceptors (Lipinski definition) is 1. The van der Waals surface area contributed by atoms with Crippen LogP contribution in [0, 0.1) is 5.82 Å². The van der Waals surface area contributed by atoms with Gasteiger partial charge in [0.2, 0.25) is 0 Å². The van der Waals surface area contributed by atoms with Crippen molar-refractivity contribution >= 4 is 64.9 Å². The largest absolute Gasteiger partial charge is 0.205 e. The summed E-state index contributed by atoms with van der Waals surface area (Å²) < 4.78 is 15.9. The fourth-order valence-corrected chi connectivity index (χ4v) is 4.69. The first-order valence-corrected chi connectivity index (χ1v) is 8.79. The lowest BCUT2D eigenvalue weighted by Gasteiger charge is -2.10. The predicted molar refractivity (Wildman–Crippen MR) is 91.7 cm³/mol. The van der Waals surface area contributed by atoms with Gasteiger partial charge in [-0.1, -0.05) is 45.7 Å². The van der Waals surface area contributed by atoms with Gasteiger partial charge in [0.15, 0.2) is 0 Å². The molecule has 5 heteroatoms. The van der Waals surface area contributed by atoms with Crippen LogP contribution < -0.4 is 0 Å². The third-order valence-corrected chi connectivity index (χ3v) is 6.39. The van der Waals surface area contributed by atoms with Gasteiger partial charge >= 0.3 is 0 Å². The SMILES string of the molecule is Fc1cc(C(Br)c2csc3c(Br)cccc23)ccc1Cl. The van der Waals surface area contributed by atoms with Crippen LogP contribution in [0.4, 0.5) is 4.39 Å². The molecular formula is C15H8Br2ClFS. The van der Waals surface area contributed by atoms with E-state index in [4.69, 9.17) is 11.6 Å². The molecule has 3 rings (SSSR count). The van der Waals surface area contributed by atoms with Crippen molar-refractivity contribution in [2.75, 3.05) is 0 Å². The molecule has 1 heterocycles. The molecule has 0 saturated carbocycles. The Bertz CT molecular complexity index is 785. The van der Waals surface area contributed by atoms with E-state index in [1.807, 2.05) is 18.2 Å². The highest BCUT2D eigenvalue weighted by molar-refractivity contribution is 9.10. The van der Waals surface area contributed by atoms with Gasteiger partial charge in [0.25, 0.3) is 0 Å². The molecule has 0 aliphatic carbocycles. The van der Waals surface area contributed by atoms with Gasteiger partial charge in [-0.05, 0) is 56.0 Å². The van der Waals surface area contributed by atoms with Crippen LogP contribution in [0.25, 0.3) is 10.1 Å². The quantitative estimate of drug-likeness (QED) is 0.383. The van der Waals surface area contributed by atoms with Crippen molar-refractivity contribution in [1.82, 2.24) is 0 Å². The van der Waals surface area contributed by atoms with Gasteiger partial charge in [0, 0.05) is 9.17 Å². The number of rotatable bonds is 2. The van der Waals surface area contributed by atoms with Crippen LogP contribution in [0.1, 0.15) is 16.0 Å². The van der Waals surface area contributed by atoms with Crippen LogP contribution >= 0.6 is 54.8 Å². The van der Waals surface area contributed by atoms with Gasteiger partial charge in [0.05, 0.1) is 9.85 Å². The molecule has 20 heavy (non-hydrogen) atoms. The summed E-state index contributed by atoms with van der Waals surface area (Å²) in [7, 11) is 0. The lowest BCUT2D eigenvalue weighted by molar-refractivity contribution is 0.626. The minimum atomic E-state index is -0.394. The van der Waals surface area contributed by atoms with Crippen LogP contribution in [-0.2, 0) is 0 Å². The Hall–Kier alpha value is -0.420. The maximum atomic E-state index is 13.6. The molecule has 0 spiro atoms. The average molecular weight is 435 g/mol. The molecule has 3 aromatic rings. The highest BCUT2D eigenvalue weighted by Gasteiger charge is 2.17. The van der Waals surface area contributed by atoms with Gasteiger partial charge in [-0.25, -0.2) is 4.39 Å². The molecule has 1 aromatic heterocycles. The number of fused-ring (bicyclic) bond motifs is 1. The fraction of sp³-hybridized carbons (Fsp3) is 0.0667. The topological polar surface area (TPSA) is 0 Å². The Labute approximate surface area is 141 Å². The number of halogens is 4. The summed E-state index contributed by atoms with van der Waals surface area (Å²) in [5, 5.41) is 3.41. The van der Waals surface area contributed by atoms with Gasteiger partial charge < -0.3 is 0 Å². The molecular weight excluding hydrogens is 426 g/mol. The lowest BCUT2D eigenvalue weighted by Crippen LogP contribution is -1.93. The van der Waals surface area contributed by atoms with Gasteiger partial charge in [0.1, 0.15) is 5.82 Å². The summed E-state index contributed by atoms with van der Waals surface area (Å²) in [6.07, 6.45) is 0. The highest BCUT2D eigenvalue weighted by Crippen LogP contribution is 2.41. The zero-order chi connectivity index (χ0) is 14.3. The van der Waals surface area contributed by atoms with Crippen molar-refractivity contribution in [2.45, 2.75) is 4.83 Å². The normalized spacial score (nSPS) is 12.8. The summed E-state index contributed by atoms with van der Waals surface area (Å²) in [6, 6.07) is 11.0. The van der Waals surface area contributed by atoms with Crippen molar-refractivity contribution in [2.24, 2.45) is 0 Å². The third-order valence-electron chi connectivity index (χ3n) is 3.09. The summed E-state index contributed by atoms with van der Waals surface area (Å²) in [6.45, 7) is 0. The van der Waals surface area contributed by atoms with E-state index < -0.39 is 5.82 Å². The van der Waals surface area contributed by atoms with Crippen LogP contribution in [-0.4, -0.2) is 0 Å². The first kappa shape index (κ1) is 14.5. The number of thiophene rings is 1. The van der Waals surface area contributed by atoms with Crippen LogP contribution in [0.15, 0.2) is 46.3 Å². The summed E-state index contributed by atoms with van der Waals surface area (Å²) in [5.41, 5.74) is 1.99. The van der Waals surface area contributed by atoms with Crippen LogP contribution in [0.3, 0.4) is 0 Å². The molecule has 0 N–H and O–H groups in total. The molecule has 0 aliphatic heterocycles. The summed E-state index contributed by atoms with van der Waals surface area (Å²) in [4.78, 5) is -0.0580. The van der Waals surface area contributed by atoms with E-state index in [1.54, 1.807) is 17.4 Å². The molecule has 0 aliphatic rings. The van der Waals surface area contributed by atoms with Crippen LogP contribution in [0.2, 0.25) is 5.02 Å². The van der Waals surface area contributed by atoms with Crippen molar-refractivity contribution in [1.29, 1.82) is 0 Å². The van der Waals surface area contributed by atoms with E-state index in [0.29, 0.717) is 0 Å². The minimum absolute atomic E-state index is 0.0580. The zero-order valence-electron chi connectivity index (χ0n) is 10.0.